The maximum atomic E-state index is 4.99. The van der Waals surface area contributed by atoms with Crippen LogP contribution in [0.3, 0.4) is 0 Å². The van der Waals surface area contributed by atoms with Crippen molar-refractivity contribution in [1.29, 1.82) is 0 Å². The van der Waals surface area contributed by atoms with Crippen LogP contribution >= 0.6 is 11.3 Å². The summed E-state index contributed by atoms with van der Waals surface area (Å²) in [6.45, 7) is 7.07. The molecule has 23 heavy (non-hydrogen) atoms. The quantitative estimate of drug-likeness (QED) is 0.338. The standard InChI is InChI=1S/C8H6NS.3C4H9.Sn/c1-6-9-7-4-2-3-5-8(7)10-6;3*1-3-4-2;/h2-5H,1H2;3*1,3-4H2,2H3;. The Morgan fingerprint density at radius 2 is 1.43 bits per heavy atom. The van der Waals surface area contributed by atoms with E-state index in [0.717, 1.165) is 0 Å². The average molecular weight is 438 g/mol. The van der Waals surface area contributed by atoms with Gasteiger partial charge in [-0.25, -0.2) is 0 Å². The summed E-state index contributed by atoms with van der Waals surface area (Å²) >= 11 is -0.117. The molecule has 0 N–H and O–H groups in total. The van der Waals surface area contributed by atoms with Crippen molar-refractivity contribution in [2.24, 2.45) is 0 Å². The number of nitrogens with zero attached hydrogens (tertiary/aromatic N) is 1. The third-order valence-electron chi connectivity index (χ3n) is 5.05. The molecule has 128 valence electrons. The Labute approximate surface area is 150 Å². The molecule has 0 unspecified atom stereocenters. The molecular formula is C20H33NSSn. The molecule has 1 nitrogen and oxygen atoms in total. The zero-order valence-corrected chi connectivity index (χ0v) is 18.9. The van der Waals surface area contributed by atoms with Gasteiger partial charge in [0.2, 0.25) is 0 Å². The van der Waals surface area contributed by atoms with Crippen molar-refractivity contribution in [2.45, 2.75) is 77.0 Å². The molecule has 1 aromatic carbocycles. The van der Waals surface area contributed by atoms with E-state index in [2.05, 4.69) is 45.0 Å². The molecule has 0 aliphatic rings. The van der Waals surface area contributed by atoms with Crippen molar-refractivity contribution in [1.82, 2.24) is 4.98 Å². The topological polar surface area (TPSA) is 12.9 Å². The Bertz CT molecular complexity index is 523. The van der Waals surface area contributed by atoms with Crippen molar-refractivity contribution in [3.8, 4) is 0 Å². The number of hydrogen-bond donors (Lipinski definition) is 0. The molecule has 0 radical (unpaired) electrons. The Balaban J connectivity index is 2.21. The summed E-state index contributed by atoms with van der Waals surface area (Å²) in [6, 6.07) is 8.67. The van der Waals surface area contributed by atoms with Gasteiger partial charge in [-0.15, -0.1) is 0 Å². The molecular weight excluding hydrogens is 405 g/mol. The van der Waals surface area contributed by atoms with E-state index >= 15 is 0 Å². The number of fused-ring (bicyclic) bond motifs is 1. The van der Waals surface area contributed by atoms with Gasteiger partial charge in [-0.2, -0.15) is 0 Å². The summed E-state index contributed by atoms with van der Waals surface area (Å²) in [7, 11) is 0. The molecule has 0 amide bonds. The first-order chi connectivity index (χ1) is 11.2. The minimum absolute atomic E-state index is 1.22. The first kappa shape index (κ1) is 19.2. The predicted molar refractivity (Wildman–Crippen MR) is 108 cm³/mol. The van der Waals surface area contributed by atoms with Crippen LogP contribution in [0, 0.1) is 0 Å². The van der Waals surface area contributed by atoms with Gasteiger partial charge in [0.25, 0.3) is 0 Å². The van der Waals surface area contributed by atoms with Crippen LogP contribution in [0.5, 0.6) is 0 Å². The molecule has 2 aromatic rings. The van der Waals surface area contributed by atoms with Crippen LogP contribution in [0.4, 0.5) is 0 Å². The van der Waals surface area contributed by atoms with Crippen LogP contribution in [0.2, 0.25) is 13.3 Å². The Hall–Kier alpha value is -0.0913. The van der Waals surface area contributed by atoms with Crippen LogP contribution in [-0.4, -0.2) is 23.4 Å². The molecule has 0 aliphatic heterocycles. The molecule has 0 saturated heterocycles. The minimum atomic E-state index is -2.08. The summed E-state index contributed by atoms with van der Waals surface area (Å²) < 4.78 is 7.53. The van der Waals surface area contributed by atoms with Gasteiger partial charge in [-0.1, -0.05) is 0 Å². The van der Waals surface area contributed by atoms with Crippen molar-refractivity contribution in [2.75, 3.05) is 0 Å². The first-order valence-electron chi connectivity index (χ1n) is 9.57. The number of para-hydroxylation sites is 1. The molecule has 0 spiro atoms. The summed E-state index contributed by atoms with van der Waals surface area (Å²) in [5.41, 5.74) is 1.22. The Morgan fingerprint density at radius 1 is 0.870 bits per heavy atom. The van der Waals surface area contributed by atoms with E-state index in [4.69, 9.17) is 4.98 Å². The molecule has 3 heteroatoms. The van der Waals surface area contributed by atoms with Crippen LogP contribution in [0.25, 0.3) is 10.2 Å². The third kappa shape index (κ3) is 5.74. The van der Waals surface area contributed by atoms with E-state index in [1.54, 1.807) is 13.3 Å². The second-order valence-corrected chi connectivity index (χ2v) is 22.0. The summed E-state index contributed by atoms with van der Waals surface area (Å²) in [4.78, 5) is 4.99. The molecule has 0 fully saturated rings. The van der Waals surface area contributed by atoms with E-state index in [1.165, 1.54) is 58.2 Å². The fraction of sp³-hybridized carbons (Fsp3) is 0.650. The number of aromatic nitrogens is 1. The van der Waals surface area contributed by atoms with Crippen molar-refractivity contribution >= 4 is 39.9 Å². The molecule has 1 aromatic heterocycles. The van der Waals surface area contributed by atoms with E-state index in [9.17, 15) is 0 Å². The van der Waals surface area contributed by atoms with Crippen LogP contribution in [-0.2, 0) is 4.44 Å². The van der Waals surface area contributed by atoms with E-state index in [-0.39, 0.29) is 0 Å². The zero-order valence-electron chi connectivity index (χ0n) is 15.2. The first-order valence-corrected chi connectivity index (χ1v) is 18.5. The van der Waals surface area contributed by atoms with Gasteiger partial charge in [-0.05, 0) is 0 Å². The van der Waals surface area contributed by atoms with Gasteiger partial charge in [-0.3, -0.25) is 0 Å². The van der Waals surface area contributed by atoms with Crippen LogP contribution < -0.4 is 0 Å². The average Bonchev–Trinajstić information content (AvgIpc) is 2.98. The number of benzene rings is 1. The van der Waals surface area contributed by atoms with Crippen molar-refractivity contribution < 1.29 is 0 Å². The van der Waals surface area contributed by atoms with Gasteiger partial charge in [0, 0.05) is 0 Å². The molecule has 1 heterocycles. The summed E-state index contributed by atoms with van der Waals surface area (Å²) in [6.07, 6.45) is 8.43. The van der Waals surface area contributed by atoms with Crippen LogP contribution in [0.1, 0.15) is 64.3 Å². The van der Waals surface area contributed by atoms with E-state index in [0.29, 0.717) is 0 Å². The SMILES string of the molecule is CCC[CH2][Sn]([CH2]CCC)([CH2]CCC)[CH2]c1nc2ccccc2s1. The fourth-order valence-corrected chi connectivity index (χ4v) is 22.3. The van der Waals surface area contributed by atoms with Crippen LogP contribution in [0.15, 0.2) is 24.3 Å². The van der Waals surface area contributed by atoms with Gasteiger partial charge in [0.05, 0.1) is 0 Å². The second-order valence-electron chi connectivity index (χ2n) is 7.06. The Kier molecular flexibility index (Phi) is 8.39. The zero-order chi connectivity index (χ0) is 16.5. The maximum absolute atomic E-state index is 4.99. The van der Waals surface area contributed by atoms with Gasteiger partial charge in [0.15, 0.2) is 0 Å². The number of rotatable bonds is 11. The molecule has 2 rings (SSSR count). The number of thiazole rings is 1. The molecule has 0 bridgehead atoms. The van der Waals surface area contributed by atoms with Crippen molar-refractivity contribution in [3.05, 3.63) is 29.3 Å². The normalized spacial score (nSPS) is 12.1. The summed E-state index contributed by atoms with van der Waals surface area (Å²) in [5, 5.41) is 1.45. The van der Waals surface area contributed by atoms with E-state index in [1.807, 2.05) is 11.3 Å². The second kappa shape index (κ2) is 10.0. The van der Waals surface area contributed by atoms with Gasteiger partial charge < -0.3 is 0 Å². The molecule has 0 aliphatic carbocycles. The summed E-state index contributed by atoms with van der Waals surface area (Å²) in [5.74, 6) is 0. The molecule has 0 atom stereocenters. The number of hydrogen-bond acceptors (Lipinski definition) is 2. The Morgan fingerprint density at radius 3 is 1.96 bits per heavy atom. The molecule has 0 saturated carbocycles. The third-order valence-corrected chi connectivity index (χ3v) is 22.0. The fourth-order valence-electron chi connectivity index (χ4n) is 3.61. The number of unbranched alkanes of at least 4 members (excludes halogenated alkanes) is 3. The van der Waals surface area contributed by atoms with Gasteiger partial charge in [0.1, 0.15) is 0 Å². The van der Waals surface area contributed by atoms with Gasteiger partial charge >= 0.3 is 151 Å². The van der Waals surface area contributed by atoms with E-state index < -0.39 is 18.4 Å². The predicted octanol–water partition coefficient (Wildman–Crippen LogP) is 7.23. The monoisotopic (exact) mass is 439 g/mol. The van der Waals surface area contributed by atoms with Crippen molar-refractivity contribution in [3.63, 3.8) is 0 Å².